The third-order valence-corrected chi connectivity index (χ3v) is 13.9. The van der Waals surface area contributed by atoms with Crippen LogP contribution in [0.5, 0.6) is 46.0 Å². The predicted octanol–water partition coefficient (Wildman–Crippen LogP) is 13.0. The molecule has 0 aliphatic heterocycles. The fourth-order valence-corrected chi connectivity index (χ4v) is 9.05. The number of hydrogen-bond acceptors (Lipinski definition) is 20. The molecule has 6 rings (SSSR count). The van der Waals surface area contributed by atoms with Crippen molar-refractivity contribution >= 4 is 47.8 Å². The second-order valence-corrected chi connectivity index (χ2v) is 20.6. The molecule has 95 heavy (non-hydrogen) atoms. The molecular formula is C73H78O22. The molecule has 22 nitrogen and oxygen atoms in total. The van der Waals surface area contributed by atoms with Gasteiger partial charge in [-0.15, -0.1) is 0 Å². The highest BCUT2D eigenvalue weighted by atomic mass is 16.6. The molecule has 0 aliphatic carbocycles. The van der Waals surface area contributed by atoms with Crippen LogP contribution in [0.4, 0.5) is 0 Å². The van der Waals surface area contributed by atoms with Crippen LogP contribution in [0, 0.1) is 20.8 Å². The van der Waals surface area contributed by atoms with Crippen molar-refractivity contribution in [1.82, 2.24) is 0 Å². The molecule has 0 saturated carbocycles. The first-order chi connectivity index (χ1) is 45.8. The van der Waals surface area contributed by atoms with Gasteiger partial charge in [-0.25, -0.2) is 38.4 Å². The van der Waals surface area contributed by atoms with Crippen molar-refractivity contribution in [2.45, 2.75) is 72.1 Å². The Hall–Kier alpha value is -11.2. The van der Waals surface area contributed by atoms with E-state index in [1.165, 1.54) is 44.6 Å². The monoisotopic (exact) mass is 1310 g/mol. The van der Waals surface area contributed by atoms with E-state index in [0.29, 0.717) is 151 Å². The fourth-order valence-electron chi connectivity index (χ4n) is 9.05. The van der Waals surface area contributed by atoms with E-state index in [-0.39, 0.29) is 54.8 Å². The van der Waals surface area contributed by atoms with Crippen molar-refractivity contribution in [2.24, 2.45) is 0 Å². The van der Waals surface area contributed by atoms with Gasteiger partial charge in [0, 0.05) is 47.1 Å². The van der Waals surface area contributed by atoms with E-state index in [1.54, 1.807) is 86.6 Å². The standard InChI is InChI=1S/C37H40O11.C36H38O11/c1-6-32(38)47-20-10-8-18-45-29-16-14-27(36(40)41)34(23(29)3)25-12-13-26(31(22-25)44-5)35-24(4)30(17-15-28(35)37(42)43)46-19-9-11-21-48-33(39)7-2;1-5-33(37)44-21-9-7-19-42-28-14-11-26(12-15-28)35(39)47-31-18-16-29(24-32(31)41-4)46-36(40)27-13-17-30(25(3)23-27)43-20-8-10-22-45-34(38)6-2/h6-7,12-17,22H,1-2,8-11,18-21H2,3-5H3,(H,40,41)(H,42,43);5-6,11-18,23-24H,1-2,7-10,19-22H2,3-4H3. The number of carbonyl (C=O) groups is 8. The molecule has 0 amide bonds. The molecule has 0 atom stereocenters. The Morgan fingerprint density at radius 2 is 0.779 bits per heavy atom. The number of aryl methyl sites for hydroxylation is 1. The number of benzene rings is 6. The zero-order chi connectivity index (χ0) is 69.2. The van der Waals surface area contributed by atoms with Gasteiger partial charge in [-0.1, -0.05) is 32.4 Å². The molecule has 2 N–H and O–H groups in total. The maximum atomic E-state index is 12.8. The first-order valence-corrected chi connectivity index (χ1v) is 30.2. The van der Waals surface area contributed by atoms with Gasteiger partial charge in [-0.05, 0) is 185 Å². The molecule has 6 aromatic rings. The number of carboxylic acid groups (broad SMARTS) is 2. The lowest BCUT2D eigenvalue weighted by atomic mass is 9.89. The van der Waals surface area contributed by atoms with Gasteiger partial charge in [-0.2, -0.15) is 0 Å². The van der Waals surface area contributed by atoms with Gasteiger partial charge in [0.2, 0.25) is 0 Å². The normalized spacial score (nSPS) is 10.4. The SMILES string of the molecule is C=CC(=O)OCCCCOc1ccc(C(=O)O)c(-c2ccc(-c3c(C(=O)O)ccc(OCCCCOC(=O)C=C)c3C)c(OC)c2)c1C.C=CC(=O)OCCCCOc1ccc(C(=O)Oc2ccc(OC(=O)c3ccc(OCCCCOC(=O)C=C)c(C)c3)cc2OC)cc1. The number of unbranched alkanes of at least 4 members (excludes halogenated alkanes) is 4. The number of ether oxygens (including phenoxy) is 12. The molecule has 0 heterocycles. The molecule has 0 fully saturated rings. The highest BCUT2D eigenvalue weighted by Crippen LogP contribution is 2.43. The van der Waals surface area contributed by atoms with Crippen LogP contribution in [-0.4, -0.2) is 125 Å². The molecule has 0 saturated heterocycles. The van der Waals surface area contributed by atoms with E-state index in [4.69, 9.17) is 56.8 Å². The molecule has 0 radical (unpaired) electrons. The minimum atomic E-state index is -1.14. The third kappa shape index (κ3) is 23.5. The summed E-state index contributed by atoms with van der Waals surface area (Å²) in [6, 6.07) is 27.1. The maximum absolute atomic E-state index is 12.8. The molecule has 6 aromatic carbocycles. The van der Waals surface area contributed by atoms with Crippen molar-refractivity contribution in [2.75, 3.05) is 67.1 Å². The van der Waals surface area contributed by atoms with Gasteiger partial charge in [0.1, 0.15) is 34.5 Å². The molecule has 0 spiro atoms. The van der Waals surface area contributed by atoms with Gasteiger partial charge in [0.15, 0.2) is 11.5 Å². The average molecular weight is 1310 g/mol. The van der Waals surface area contributed by atoms with E-state index in [2.05, 4.69) is 26.3 Å². The number of rotatable bonds is 38. The molecule has 502 valence electrons. The molecule has 0 bridgehead atoms. The number of hydrogen-bond donors (Lipinski definition) is 2. The molecular weight excluding hydrogens is 1230 g/mol. The summed E-state index contributed by atoms with van der Waals surface area (Å²) in [6.45, 7) is 21.3. The van der Waals surface area contributed by atoms with Crippen LogP contribution < -0.4 is 37.9 Å². The fraction of sp³-hybridized carbons (Fsp3) is 0.288. The van der Waals surface area contributed by atoms with Gasteiger partial charge < -0.3 is 67.1 Å². The molecule has 22 heteroatoms. The second kappa shape index (κ2) is 39.3. The van der Waals surface area contributed by atoms with Crippen LogP contribution in [0.1, 0.15) is 109 Å². The summed E-state index contributed by atoms with van der Waals surface area (Å²) in [4.78, 5) is 94.7. The molecule has 0 aromatic heterocycles. The van der Waals surface area contributed by atoms with Gasteiger partial charge in [0.05, 0.1) is 89.3 Å². The lowest BCUT2D eigenvalue weighted by Gasteiger charge is -2.20. The number of carboxylic acids is 2. The van der Waals surface area contributed by atoms with Gasteiger partial charge in [0.25, 0.3) is 0 Å². The number of carbonyl (C=O) groups excluding carboxylic acids is 6. The quantitative estimate of drug-likeness (QED) is 0.0120. The number of aromatic carboxylic acids is 2. The van der Waals surface area contributed by atoms with Crippen LogP contribution in [0.25, 0.3) is 22.3 Å². The Morgan fingerprint density at radius 3 is 1.24 bits per heavy atom. The highest BCUT2D eigenvalue weighted by Gasteiger charge is 2.24. The van der Waals surface area contributed by atoms with Crippen LogP contribution in [0.3, 0.4) is 0 Å². The smallest absolute Gasteiger partial charge is 0.343 e. The minimum Gasteiger partial charge on any atom is -0.496 e. The third-order valence-electron chi connectivity index (χ3n) is 13.9. The largest absolute Gasteiger partial charge is 0.496 e. The van der Waals surface area contributed by atoms with Gasteiger partial charge in [-0.3, -0.25) is 0 Å². The summed E-state index contributed by atoms with van der Waals surface area (Å²) < 4.78 is 65.4. The van der Waals surface area contributed by atoms with Crippen molar-refractivity contribution in [1.29, 1.82) is 0 Å². The van der Waals surface area contributed by atoms with Crippen molar-refractivity contribution in [3.8, 4) is 68.2 Å². The molecule has 0 aliphatic rings. The summed E-state index contributed by atoms with van der Waals surface area (Å²) >= 11 is 0. The van der Waals surface area contributed by atoms with Crippen LogP contribution in [-0.2, 0) is 38.1 Å². The summed E-state index contributed by atoms with van der Waals surface area (Å²) in [5, 5.41) is 20.1. The zero-order valence-electron chi connectivity index (χ0n) is 53.8. The second-order valence-electron chi connectivity index (χ2n) is 20.6. The van der Waals surface area contributed by atoms with Crippen LogP contribution >= 0.6 is 0 Å². The number of esters is 6. The Balaban J connectivity index is 0.000000344. The zero-order valence-corrected chi connectivity index (χ0v) is 53.8. The summed E-state index contributed by atoms with van der Waals surface area (Å²) in [6.07, 6.45) is 9.44. The Labute approximate surface area is 551 Å². The van der Waals surface area contributed by atoms with E-state index >= 15 is 0 Å². The Kier molecular flexibility index (Phi) is 30.8. The lowest BCUT2D eigenvalue weighted by molar-refractivity contribution is -0.138. The lowest BCUT2D eigenvalue weighted by Crippen LogP contribution is -2.11. The Morgan fingerprint density at radius 1 is 0.379 bits per heavy atom. The summed E-state index contributed by atoms with van der Waals surface area (Å²) in [5.74, 6) is -2.32. The number of methoxy groups -OCH3 is 2. The predicted molar refractivity (Wildman–Crippen MR) is 351 cm³/mol. The average Bonchev–Trinajstić information content (AvgIpc) is 0.772. The van der Waals surface area contributed by atoms with Crippen molar-refractivity contribution in [3.63, 3.8) is 0 Å². The van der Waals surface area contributed by atoms with E-state index in [1.807, 2.05) is 6.92 Å². The van der Waals surface area contributed by atoms with Crippen LogP contribution in [0.2, 0.25) is 0 Å². The topological polar surface area (TPSA) is 288 Å². The Bertz CT molecular complexity index is 3690. The molecule has 0 unspecified atom stereocenters. The first kappa shape index (κ1) is 74.6. The van der Waals surface area contributed by atoms with E-state index in [0.717, 1.165) is 29.9 Å². The van der Waals surface area contributed by atoms with E-state index < -0.39 is 47.8 Å². The highest BCUT2D eigenvalue weighted by molar-refractivity contribution is 6.01. The minimum absolute atomic E-state index is 0.0410. The van der Waals surface area contributed by atoms with Crippen LogP contribution in [0.15, 0.2) is 154 Å². The maximum Gasteiger partial charge on any atom is 0.343 e. The van der Waals surface area contributed by atoms with Gasteiger partial charge >= 0.3 is 47.8 Å². The summed E-state index contributed by atoms with van der Waals surface area (Å²) in [5.41, 5.74) is 4.48. The van der Waals surface area contributed by atoms with E-state index in [9.17, 15) is 48.6 Å². The first-order valence-electron chi connectivity index (χ1n) is 30.2. The summed E-state index contributed by atoms with van der Waals surface area (Å²) in [7, 11) is 2.86. The van der Waals surface area contributed by atoms with Crippen molar-refractivity contribution < 1.29 is 105 Å². The van der Waals surface area contributed by atoms with Crippen molar-refractivity contribution in [3.05, 3.63) is 193 Å².